The largest absolute Gasteiger partial charge is 0.494 e. The maximum atomic E-state index is 12.0. The highest BCUT2D eigenvalue weighted by atomic mass is 16.5. The van der Waals surface area contributed by atoms with Crippen molar-refractivity contribution in [2.45, 2.75) is 19.9 Å². The fourth-order valence-corrected chi connectivity index (χ4v) is 1.65. The van der Waals surface area contributed by atoms with Crippen molar-refractivity contribution in [1.82, 2.24) is 5.32 Å². The molecule has 1 atom stereocenters. The number of benzene rings is 1. The molecule has 0 amide bonds. The van der Waals surface area contributed by atoms with Crippen LogP contribution in [-0.4, -0.2) is 36.6 Å². The molecular formula is C13H17NO4. The zero-order valence-corrected chi connectivity index (χ0v) is 10.7. The molecule has 1 rings (SSSR count). The van der Waals surface area contributed by atoms with Crippen LogP contribution < -0.4 is 10.1 Å². The summed E-state index contributed by atoms with van der Waals surface area (Å²) >= 11 is 0. The number of hydrogen-bond acceptors (Lipinski definition) is 4. The highest BCUT2D eigenvalue weighted by Crippen LogP contribution is 2.20. The summed E-state index contributed by atoms with van der Waals surface area (Å²) in [6.07, 6.45) is 0. The van der Waals surface area contributed by atoms with Gasteiger partial charge < -0.3 is 15.2 Å². The molecule has 0 heterocycles. The normalized spacial score (nSPS) is 11.9. The number of likely N-dealkylation sites (N-methyl/N-ethyl adjacent to an activating group) is 1. The minimum Gasteiger partial charge on any atom is -0.494 e. The van der Waals surface area contributed by atoms with Crippen LogP contribution in [0.1, 0.15) is 22.8 Å². The van der Waals surface area contributed by atoms with E-state index in [1.165, 1.54) is 7.05 Å². The van der Waals surface area contributed by atoms with Gasteiger partial charge in [-0.2, -0.15) is 0 Å². The third kappa shape index (κ3) is 3.07. The van der Waals surface area contributed by atoms with Crippen LogP contribution in [0.2, 0.25) is 0 Å². The Morgan fingerprint density at radius 3 is 2.56 bits per heavy atom. The summed E-state index contributed by atoms with van der Waals surface area (Å²) in [5.41, 5.74) is 1.17. The summed E-state index contributed by atoms with van der Waals surface area (Å²) in [7, 11) is 1.44. The molecule has 0 bridgehead atoms. The van der Waals surface area contributed by atoms with E-state index in [4.69, 9.17) is 9.84 Å². The van der Waals surface area contributed by atoms with Crippen molar-refractivity contribution in [3.8, 4) is 5.75 Å². The predicted octanol–water partition coefficient (Wildman–Crippen LogP) is 1.25. The molecule has 98 valence electrons. The van der Waals surface area contributed by atoms with Crippen LogP contribution >= 0.6 is 0 Å². The molecule has 1 aromatic carbocycles. The second-order valence-electron chi connectivity index (χ2n) is 3.84. The van der Waals surface area contributed by atoms with Gasteiger partial charge >= 0.3 is 5.97 Å². The molecule has 1 aromatic rings. The Bertz CT molecular complexity index is 456. The lowest BCUT2D eigenvalue weighted by Crippen LogP contribution is -2.41. The van der Waals surface area contributed by atoms with Gasteiger partial charge in [0.05, 0.1) is 6.61 Å². The van der Waals surface area contributed by atoms with Crippen LogP contribution in [0.15, 0.2) is 18.2 Å². The van der Waals surface area contributed by atoms with Crippen molar-refractivity contribution >= 4 is 11.8 Å². The van der Waals surface area contributed by atoms with Gasteiger partial charge in [0.15, 0.2) is 11.8 Å². The Labute approximate surface area is 106 Å². The number of aliphatic carboxylic acids is 1. The van der Waals surface area contributed by atoms with Gasteiger partial charge in [-0.1, -0.05) is 0 Å². The minimum atomic E-state index is -1.22. The van der Waals surface area contributed by atoms with Gasteiger partial charge in [0, 0.05) is 5.56 Å². The average Bonchev–Trinajstić information content (AvgIpc) is 2.32. The number of carboxylic acids is 1. The molecule has 0 radical (unpaired) electrons. The first-order chi connectivity index (χ1) is 8.51. The van der Waals surface area contributed by atoms with Gasteiger partial charge in [-0.05, 0) is 44.7 Å². The average molecular weight is 251 g/mol. The number of ether oxygens (including phenoxy) is 1. The lowest BCUT2D eigenvalue weighted by atomic mass is 10.0. The van der Waals surface area contributed by atoms with E-state index < -0.39 is 17.8 Å². The van der Waals surface area contributed by atoms with Crippen LogP contribution in [-0.2, 0) is 4.79 Å². The van der Waals surface area contributed by atoms with Crippen LogP contribution in [0, 0.1) is 6.92 Å². The van der Waals surface area contributed by atoms with Crippen molar-refractivity contribution in [1.29, 1.82) is 0 Å². The first kappa shape index (κ1) is 14.2. The van der Waals surface area contributed by atoms with Crippen molar-refractivity contribution < 1.29 is 19.4 Å². The Morgan fingerprint density at radius 1 is 1.44 bits per heavy atom. The Hall–Kier alpha value is -1.88. The lowest BCUT2D eigenvalue weighted by Gasteiger charge is -2.12. The smallest absolute Gasteiger partial charge is 0.328 e. The van der Waals surface area contributed by atoms with Crippen molar-refractivity contribution in [3.05, 3.63) is 29.3 Å². The van der Waals surface area contributed by atoms with E-state index in [1.54, 1.807) is 18.2 Å². The first-order valence-electron chi connectivity index (χ1n) is 5.69. The van der Waals surface area contributed by atoms with Crippen LogP contribution in [0.3, 0.4) is 0 Å². The van der Waals surface area contributed by atoms with E-state index in [1.807, 2.05) is 13.8 Å². The number of ketones is 1. The third-order valence-electron chi connectivity index (χ3n) is 2.56. The topological polar surface area (TPSA) is 75.6 Å². The number of carboxylic acid groups (broad SMARTS) is 1. The highest BCUT2D eigenvalue weighted by Gasteiger charge is 2.25. The summed E-state index contributed by atoms with van der Waals surface area (Å²) in [6, 6.07) is 3.68. The summed E-state index contributed by atoms with van der Waals surface area (Å²) in [5, 5.41) is 11.4. The molecule has 2 N–H and O–H groups in total. The van der Waals surface area contributed by atoms with E-state index in [0.29, 0.717) is 17.9 Å². The van der Waals surface area contributed by atoms with E-state index in [2.05, 4.69) is 5.32 Å². The molecule has 0 aliphatic rings. The molecule has 0 fully saturated rings. The van der Waals surface area contributed by atoms with Crippen molar-refractivity contribution in [2.24, 2.45) is 0 Å². The molecule has 0 aliphatic carbocycles. The Balaban J connectivity index is 3.00. The van der Waals surface area contributed by atoms with Gasteiger partial charge in [-0.15, -0.1) is 0 Å². The Morgan fingerprint density at radius 2 is 2.11 bits per heavy atom. The van der Waals surface area contributed by atoms with E-state index in [9.17, 15) is 9.59 Å². The zero-order valence-electron chi connectivity index (χ0n) is 10.7. The quantitative estimate of drug-likeness (QED) is 0.588. The van der Waals surface area contributed by atoms with Crippen molar-refractivity contribution in [3.63, 3.8) is 0 Å². The first-order valence-corrected chi connectivity index (χ1v) is 5.69. The van der Waals surface area contributed by atoms with Gasteiger partial charge in [0.2, 0.25) is 0 Å². The molecule has 0 saturated carbocycles. The van der Waals surface area contributed by atoms with Crippen LogP contribution in [0.5, 0.6) is 5.75 Å². The maximum absolute atomic E-state index is 12.0. The van der Waals surface area contributed by atoms with E-state index in [0.717, 1.165) is 5.56 Å². The standard InChI is InChI=1S/C13H17NO4/c1-4-18-10-6-5-9(7-8(10)2)12(15)11(14-3)13(16)17/h5-7,11,14H,4H2,1-3H3,(H,16,17). The monoisotopic (exact) mass is 251 g/mol. The van der Waals surface area contributed by atoms with E-state index in [-0.39, 0.29) is 0 Å². The molecule has 5 nitrogen and oxygen atoms in total. The SMILES string of the molecule is CCOc1ccc(C(=O)C(NC)C(=O)O)cc1C. The maximum Gasteiger partial charge on any atom is 0.328 e. The van der Waals surface area contributed by atoms with Gasteiger partial charge in [0.1, 0.15) is 5.75 Å². The number of hydrogen-bond donors (Lipinski definition) is 2. The van der Waals surface area contributed by atoms with Gasteiger partial charge in [0.25, 0.3) is 0 Å². The Kier molecular flexibility index (Phi) is 4.85. The number of rotatable bonds is 6. The fraction of sp³-hybridized carbons (Fsp3) is 0.385. The molecule has 0 saturated heterocycles. The third-order valence-corrected chi connectivity index (χ3v) is 2.56. The van der Waals surface area contributed by atoms with Crippen molar-refractivity contribution in [2.75, 3.05) is 13.7 Å². The second kappa shape index (κ2) is 6.16. The highest BCUT2D eigenvalue weighted by molar-refractivity contribution is 6.11. The van der Waals surface area contributed by atoms with Crippen LogP contribution in [0.25, 0.3) is 0 Å². The summed E-state index contributed by atoms with van der Waals surface area (Å²) in [5.74, 6) is -0.949. The summed E-state index contributed by atoms with van der Waals surface area (Å²) < 4.78 is 5.36. The summed E-state index contributed by atoms with van der Waals surface area (Å²) in [6.45, 7) is 4.24. The number of carbonyl (C=O) groups is 2. The second-order valence-corrected chi connectivity index (χ2v) is 3.84. The number of nitrogens with one attached hydrogen (secondary N) is 1. The predicted molar refractivity (Wildman–Crippen MR) is 67.2 cm³/mol. The molecule has 0 spiro atoms. The van der Waals surface area contributed by atoms with Crippen LogP contribution in [0.4, 0.5) is 0 Å². The fourth-order valence-electron chi connectivity index (χ4n) is 1.65. The molecule has 1 unspecified atom stereocenters. The van der Waals surface area contributed by atoms with Gasteiger partial charge in [-0.25, -0.2) is 0 Å². The number of carbonyl (C=O) groups excluding carboxylic acids is 1. The molecule has 5 heteroatoms. The molecule has 0 aromatic heterocycles. The van der Waals surface area contributed by atoms with Gasteiger partial charge in [-0.3, -0.25) is 9.59 Å². The molecule has 0 aliphatic heterocycles. The lowest BCUT2D eigenvalue weighted by molar-refractivity contribution is -0.137. The number of aryl methyl sites for hydroxylation is 1. The minimum absolute atomic E-state index is 0.359. The molecular weight excluding hydrogens is 234 g/mol. The molecule has 18 heavy (non-hydrogen) atoms. The number of Topliss-reactive ketones (excluding diaryl/α,β-unsaturated/α-hetero) is 1. The zero-order chi connectivity index (χ0) is 13.7. The van der Waals surface area contributed by atoms with E-state index >= 15 is 0 Å². The summed E-state index contributed by atoms with van der Waals surface area (Å²) in [4.78, 5) is 22.8.